The number of methoxy groups -OCH3 is 1. The van der Waals surface area contributed by atoms with Gasteiger partial charge in [-0.15, -0.1) is 0 Å². The van der Waals surface area contributed by atoms with Crippen molar-refractivity contribution in [2.45, 2.75) is 31.9 Å². The minimum Gasteiger partial charge on any atom is -0.464 e. The Balaban J connectivity index is 2.17. The lowest BCUT2D eigenvalue weighted by atomic mass is 10.1. The summed E-state index contributed by atoms with van der Waals surface area (Å²) in [5.74, 6) is -0.636. The molecule has 126 valence electrons. The molecule has 0 radical (unpaired) electrons. The Hall–Kier alpha value is -1.30. The Morgan fingerprint density at radius 2 is 1.96 bits per heavy atom. The largest absolute Gasteiger partial charge is 0.464 e. The Labute approximate surface area is 145 Å². The molecule has 0 spiro atoms. The van der Waals surface area contributed by atoms with Gasteiger partial charge in [-0.05, 0) is 24.6 Å². The third-order valence-corrected chi connectivity index (χ3v) is 4.57. The number of hydrogen-bond acceptors (Lipinski definition) is 4. The summed E-state index contributed by atoms with van der Waals surface area (Å²) < 4.78 is 10.4. The molecule has 2 atom stereocenters. The van der Waals surface area contributed by atoms with Crippen LogP contribution in [0.1, 0.15) is 18.9 Å². The van der Waals surface area contributed by atoms with Gasteiger partial charge in [0.1, 0.15) is 6.04 Å². The zero-order chi connectivity index (χ0) is 17.0. The van der Waals surface area contributed by atoms with Crippen LogP contribution in [0, 0.1) is 0 Å². The molecule has 1 aliphatic heterocycles. The van der Waals surface area contributed by atoms with Crippen LogP contribution < -0.4 is 0 Å². The van der Waals surface area contributed by atoms with Crippen molar-refractivity contribution >= 4 is 35.1 Å². The zero-order valence-corrected chi connectivity index (χ0v) is 14.6. The molecule has 0 bridgehead atoms. The zero-order valence-electron chi connectivity index (χ0n) is 13.1. The molecule has 1 amide bonds. The molecule has 1 fully saturated rings. The van der Waals surface area contributed by atoms with Crippen molar-refractivity contribution < 1.29 is 19.1 Å². The monoisotopic (exact) mass is 359 g/mol. The molecule has 2 unspecified atom stereocenters. The first-order chi connectivity index (χ1) is 11.0. The summed E-state index contributed by atoms with van der Waals surface area (Å²) >= 11 is 12.2. The highest BCUT2D eigenvalue weighted by molar-refractivity contribution is 6.36. The van der Waals surface area contributed by atoms with Gasteiger partial charge in [-0.1, -0.05) is 29.3 Å². The van der Waals surface area contributed by atoms with Gasteiger partial charge < -0.3 is 14.4 Å². The highest BCUT2D eigenvalue weighted by Crippen LogP contribution is 2.27. The third kappa shape index (κ3) is 4.16. The van der Waals surface area contributed by atoms with Crippen LogP contribution in [-0.4, -0.2) is 49.2 Å². The molecule has 0 aromatic heterocycles. The van der Waals surface area contributed by atoms with Gasteiger partial charge in [-0.2, -0.15) is 0 Å². The van der Waals surface area contributed by atoms with Crippen LogP contribution in [0.3, 0.4) is 0 Å². The van der Waals surface area contributed by atoms with E-state index in [1.165, 1.54) is 4.90 Å². The normalized spacial score (nSPS) is 20.6. The predicted octanol–water partition coefficient (Wildman–Crippen LogP) is 2.71. The fourth-order valence-electron chi connectivity index (χ4n) is 2.66. The SMILES string of the molecule is CCOC(=O)C1CC(OC)CN1C(=O)Cc1c(Cl)cccc1Cl. The van der Waals surface area contributed by atoms with Gasteiger partial charge in [0.2, 0.25) is 5.91 Å². The van der Waals surface area contributed by atoms with Gasteiger partial charge in [-0.3, -0.25) is 4.79 Å². The topological polar surface area (TPSA) is 55.8 Å². The number of hydrogen-bond donors (Lipinski definition) is 0. The van der Waals surface area contributed by atoms with E-state index in [0.29, 0.717) is 28.6 Å². The van der Waals surface area contributed by atoms with E-state index < -0.39 is 12.0 Å². The van der Waals surface area contributed by atoms with Crippen molar-refractivity contribution in [1.29, 1.82) is 0 Å². The Kier molecular flexibility index (Phi) is 6.27. The maximum atomic E-state index is 12.6. The number of benzene rings is 1. The lowest BCUT2D eigenvalue weighted by Gasteiger charge is -2.23. The number of esters is 1. The van der Waals surface area contributed by atoms with Crippen LogP contribution in [0.5, 0.6) is 0 Å². The summed E-state index contributed by atoms with van der Waals surface area (Å²) in [5.41, 5.74) is 0.560. The van der Waals surface area contributed by atoms with Crippen molar-refractivity contribution in [1.82, 2.24) is 4.90 Å². The van der Waals surface area contributed by atoms with E-state index in [2.05, 4.69) is 0 Å². The second-order valence-electron chi connectivity index (χ2n) is 5.28. The predicted molar refractivity (Wildman–Crippen MR) is 87.7 cm³/mol. The van der Waals surface area contributed by atoms with Gasteiger partial charge in [0.05, 0.1) is 19.1 Å². The van der Waals surface area contributed by atoms with E-state index in [-0.39, 0.29) is 25.0 Å². The highest BCUT2D eigenvalue weighted by atomic mass is 35.5. The van der Waals surface area contributed by atoms with Gasteiger partial charge in [0.15, 0.2) is 0 Å². The van der Waals surface area contributed by atoms with E-state index in [9.17, 15) is 9.59 Å². The fourth-order valence-corrected chi connectivity index (χ4v) is 3.19. The molecule has 23 heavy (non-hydrogen) atoms. The summed E-state index contributed by atoms with van der Waals surface area (Å²) in [5, 5.41) is 0.863. The fraction of sp³-hybridized carbons (Fsp3) is 0.500. The molecule has 1 heterocycles. The maximum absolute atomic E-state index is 12.6. The Morgan fingerprint density at radius 3 is 2.52 bits per heavy atom. The van der Waals surface area contributed by atoms with E-state index in [1.807, 2.05) is 0 Å². The molecule has 2 rings (SSSR count). The highest BCUT2D eigenvalue weighted by Gasteiger charge is 2.40. The number of amides is 1. The first kappa shape index (κ1) is 18.0. The molecule has 0 saturated carbocycles. The molecule has 0 N–H and O–H groups in total. The van der Waals surface area contributed by atoms with Crippen molar-refractivity contribution in [3.63, 3.8) is 0 Å². The van der Waals surface area contributed by atoms with Crippen LogP contribution >= 0.6 is 23.2 Å². The second kappa shape index (κ2) is 7.99. The Bertz CT molecular complexity index is 573. The van der Waals surface area contributed by atoms with Crippen molar-refractivity contribution in [2.24, 2.45) is 0 Å². The minimum absolute atomic E-state index is 0.0326. The standard InChI is InChI=1S/C16H19Cl2NO4/c1-3-23-16(21)14-7-10(22-2)9-19(14)15(20)8-11-12(17)5-4-6-13(11)18/h4-6,10,14H,3,7-9H2,1-2H3. The van der Waals surface area contributed by atoms with E-state index >= 15 is 0 Å². The average molecular weight is 360 g/mol. The number of nitrogens with zero attached hydrogens (tertiary/aromatic N) is 1. The smallest absolute Gasteiger partial charge is 0.328 e. The molecule has 1 aromatic rings. The minimum atomic E-state index is -0.631. The molecule has 0 aliphatic carbocycles. The summed E-state index contributed by atoms with van der Waals surface area (Å²) in [6.45, 7) is 2.35. The molecular formula is C16H19Cl2NO4. The van der Waals surface area contributed by atoms with E-state index in [4.69, 9.17) is 32.7 Å². The number of carbonyl (C=O) groups excluding carboxylic acids is 2. The second-order valence-corrected chi connectivity index (χ2v) is 6.10. The van der Waals surface area contributed by atoms with Gasteiger partial charge in [-0.25, -0.2) is 4.79 Å². The van der Waals surface area contributed by atoms with Crippen LogP contribution in [0.2, 0.25) is 10.0 Å². The molecular weight excluding hydrogens is 341 g/mol. The van der Waals surface area contributed by atoms with Crippen molar-refractivity contribution in [3.8, 4) is 0 Å². The lowest BCUT2D eigenvalue weighted by molar-refractivity contribution is -0.152. The average Bonchev–Trinajstić information content (AvgIpc) is 2.96. The molecule has 1 aromatic carbocycles. The summed E-state index contributed by atoms with van der Waals surface area (Å²) in [4.78, 5) is 26.2. The maximum Gasteiger partial charge on any atom is 0.328 e. The number of ether oxygens (including phenoxy) is 2. The van der Waals surface area contributed by atoms with Crippen molar-refractivity contribution in [3.05, 3.63) is 33.8 Å². The third-order valence-electron chi connectivity index (χ3n) is 3.86. The summed E-state index contributed by atoms with van der Waals surface area (Å²) in [6.07, 6.45) is 0.275. The Morgan fingerprint density at radius 1 is 1.30 bits per heavy atom. The van der Waals surface area contributed by atoms with Gasteiger partial charge in [0.25, 0.3) is 0 Å². The first-order valence-corrected chi connectivity index (χ1v) is 8.15. The summed E-state index contributed by atoms with van der Waals surface area (Å²) in [7, 11) is 1.56. The van der Waals surface area contributed by atoms with Gasteiger partial charge >= 0.3 is 5.97 Å². The quantitative estimate of drug-likeness (QED) is 0.758. The number of halogens is 2. The molecule has 5 nitrogen and oxygen atoms in total. The molecule has 1 aliphatic rings. The van der Waals surface area contributed by atoms with Crippen LogP contribution in [0.4, 0.5) is 0 Å². The van der Waals surface area contributed by atoms with Crippen LogP contribution in [0.15, 0.2) is 18.2 Å². The van der Waals surface area contributed by atoms with E-state index in [0.717, 1.165) is 0 Å². The van der Waals surface area contributed by atoms with Gasteiger partial charge in [0, 0.05) is 30.1 Å². The number of rotatable bonds is 5. The number of likely N-dealkylation sites (tertiary alicyclic amines) is 1. The lowest BCUT2D eigenvalue weighted by Crippen LogP contribution is -2.42. The van der Waals surface area contributed by atoms with Crippen molar-refractivity contribution in [2.75, 3.05) is 20.3 Å². The molecule has 7 heteroatoms. The first-order valence-electron chi connectivity index (χ1n) is 7.39. The van der Waals surface area contributed by atoms with Crippen LogP contribution in [-0.2, 0) is 25.5 Å². The summed E-state index contributed by atoms with van der Waals surface area (Å²) in [6, 6.07) is 4.45. The number of carbonyl (C=O) groups is 2. The van der Waals surface area contributed by atoms with E-state index in [1.54, 1.807) is 32.2 Å². The molecule has 1 saturated heterocycles. The van der Waals surface area contributed by atoms with Crippen LogP contribution in [0.25, 0.3) is 0 Å².